The van der Waals surface area contributed by atoms with Gasteiger partial charge in [-0.1, -0.05) is 42.5 Å². The molecule has 5 rings (SSSR count). The van der Waals surface area contributed by atoms with Crippen LogP contribution in [0.4, 0.5) is 21.5 Å². The van der Waals surface area contributed by atoms with E-state index in [0.29, 0.717) is 11.3 Å². The van der Waals surface area contributed by atoms with Crippen LogP contribution >= 0.6 is 0 Å². The van der Waals surface area contributed by atoms with E-state index in [2.05, 4.69) is 10.0 Å². The first-order chi connectivity index (χ1) is 19.1. The van der Waals surface area contributed by atoms with Crippen LogP contribution in [0.25, 0.3) is 0 Å². The monoisotopic (exact) mass is 581 g/mol. The van der Waals surface area contributed by atoms with Crippen LogP contribution in [0.1, 0.15) is 5.56 Å². The molecule has 12 heteroatoms. The number of hydrogen-bond donors (Lipinski definition) is 2. The summed E-state index contributed by atoms with van der Waals surface area (Å²) in [7, 11) is -7.82. The summed E-state index contributed by atoms with van der Waals surface area (Å²) in [5, 5.41) is 2.66. The summed E-state index contributed by atoms with van der Waals surface area (Å²) in [5.74, 6) is -1.10. The predicted octanol–water partition coefficient (Wildman–Crippen LogP) is 4.36. The summed E-state index contributed by atoms with van der Waals surface area (Å²) in [5.41, 5.74) is 1.43. The molecule has 0 bridgehead atoms. The number of hydrogen-bond acceptors (Lipinski definition) is 6. The maximum absolute atomic E-state index is 13.4. The van der Waals surface area contributed by atoms with Gasteiger partial charge in [-0.25, -0.2) is 21.2 Å². The summed E-state index contributed by atoms with van der Waals surface area (Å²) in [4.78, 5) is 13.1. The van der Waals surface area contributed by atoms with Gasteiger partial charge in [0.2, 0.25) is 10.0 Å². The van der Waals surface area contributed by atoms with Gasteiger partial charge in [-0.15, -0.1) is 0 Å². The lowest BCUT2D eigenvalue weighted by Crippen LogP contribution is -2.49. The highest BCUT2D eigenvalue weighted by Gasteiger charge is 2.36. The van der Waals surface area contributed by atoms with Crippen molar-refractivity contribution in [1.29, 1.82) is 0 Å². The van der Waals surface area contributed by atoms with E-state index in [1.165, 1.54) is 40.7 Å². The van der Waals surface area contributed by atoms with Gasteiger partial charge in [-0.3, -0.25) is 13.8 Å². The molecule has 0 fully saturated rings. The number of para-hydroxylation sites is 2. The lowest BCUT2D eigenvalue weighted by molar-refractivity contribution is -0.122. The third-order valence-corrected chi connectivity index (χ3v) is 9.20. The zero-order valence-corrected chi connectivity index (χ0v) is 22.5. The van der Waals surface area contributed by atoms with Gasteiger partial charge in [-0.05, 0) is 66.2 Å². The second kappa shape index (κ2) is 11.0. The normalized spacial score (nSPS) is 15.0. The van der Waals surface area contributed by atoms with Gasteiger partial charge in [-0.2, -0.15) is 0 Å². The van der Waals surface area contributed by atoms with Gasteiger partial charge >= 0.3 is 0 Å². The highest BCUT2D eigenvalue weighted by atomic mass is 32.2. The quantitative estimate of drug-likeness (QED) is 0.319. The van der Waals surface area contributed by atoms with E-state index < -0.39 is 37.9 Å². The average molecular weight is 582 g/mol. The van der Waals surface area contributed by atoms with E-state index in [1.54, 1.807) is 54.6 Å². The molecule has 0 aromatic heterocycles. The minimum atomic E-state index is -3.96. The maximum Gasteiger partial charge on any atom is 0.267 e. The molecule has 1 atom stereocenters. The Kier molecular flexibility index (Phi) is 7.46. The number of anilines is 3. The maximum atomic E-state index is 13.4. The van der Waals surface area contributed by atoms with Gasteiger partial charge < -0.3 is 10.1 Å². The molecule has 0 saturated heterocycles. The molecule has 2 N–H and O–H groups in total. The molecule has 1 aliphatic rings. The number of carbonyl (C=O) groups is 1. The van der Waals surface area contributed by atoms with Crippen LogP contribution in [-0.2, 0) is 30.6 Å². The van der Waals surface area contributed by atoms with E-state index in [1.807, 2.05) is 0 Å². The molecule has 206 valence electrons. The van der Waals surface area contributed by atoms with Crippen molar-refractivity contribution in [3.63, 3.8) is 0 Å². The highest BCUT2D eigenvalue weighted by molar-refractivity contribution is 7.92. The summed E-state index contributed by atoms with van der Waals surface area (Å²) >= 11 is 0. The van der Waals surface area contributed by atoms with Crippen LogP contribution in [0.15, 0.2) is 108 Å². The number of fused-ring (bicyclic) bond motifs is 1. The summed E-state index contributed by atoms with van der Waals surface area (Å²) in [6.45, 7) is -0.244. The molecule has 4 aromatic carbocycles. The molecule has 9 nitrogen and oxygen atoms in total. The molecule has 0 saturated carbocycles. The van der Waals surface area contributed by atoms with Crippen LogP contribution in [-0.4, -0.2) is 35.4 Å². The molecular weight excluding hydrogens is 557 g/mol. The van der Waals surface area contributed by atoms with E-state index >= 15 is 0 Å². The molecule has 1 aliphatic heterocycles. The van der Waals surface area contributed by atoms with E-state index in [0.717, 1.165) is 12.1 Å². The summed E-state index contributed by atoms with van der Waals surface area (Å²) in [6, 6.07) is 25.6. The number of benzene rings is 4. The molecule has 1 amide bonds. The van der Waals surface area contributed by atoms with Gasteiger partial charge in [0.15, 0.2) is 6.10 Å². The first-order valence-electron chi connectivity index (χ1n) is 12.1. The Morgan fingerprint density at radius 3 is 2.15 bits per heavy atom. The van der Waals surface area contributed by atoms with Gasteiger partial charge in [0.25, 0.3) is 15.9 Å². The number of sulfonamides is 2. The van der Waals surface area contributed by atoms with Crippen molar-refractivity contribution in [2.75, 3.05) is 20.9 Å². The third-order valence-electron chi connectivity index (χ3n) is 6.08. The summed E-state index contributed by atoms with van der Waals surface area (Å²) in [6.07, 6.45) is -1.16. The molecule has 0 unspecified atom stereocenters. The molecule has 4 aromatic rings. The number of ether oxygens (including phenoxy) is 1. The Balaban J connectivity index is 1.31. The van der Waals surface area contributed by atoms with Crippen LogP contribution in [0.5, 0.6) is 5.75 Å². The largest absolute Gasteiger partial charge is 0.476 e. The number of carbonyl (C=O) groups excluding carboxylic acids is 1. The Hall–Kier alpha value is -4.42. The first kappa shape index (κ1) is 27.2. The van der Waals surface area contributed by atoms with E-state index in [4.69, 9.17) is 4.74 Å². The van der Waals surface area contributed by atoms with Crippen LogP contribution in [0.3, 0.4) is 0 Å². The smallest absolute Gasteiger partial charge is 0.267 e. The zero-order valence-electron chi connectivity index (χ0n) is 20.9. The summed E-state index contributed by atoms with van der Waals surface area (Å²) < 4.78 is 74.6. The van der Waals surface area contributed by atoms with Crippen molar-refractivity contribution < 1.29 is 30.8 Å². The second-order valence-corrected chi connectivity index (χ2v) is 12.5. The lowest BCUT2D eigenvalue weighted by Gasteiger charge is -2.34. The van der Waals surface area contributed by atoms with Crippen LogP contribution < -0.4 is 19.1 Å². The fourth-order valence-corrected chi connectivity index (χ4v) is 6.78. The number of rotatable bonds is 8. The highest BCUT2D eigenvalue weighted by Crippen LogP contribution is 2.36. The second-order valence-electron chi connectivity index (χ2n) is 8.97. The Morgan fingerprint density at radius 2 is 1.45 bits per heavy atom. The van der Waals surface area contributed by atoms with Gasteiger partial charge in [0.05, 0.1) is 22.9 Å². The minimum absolute atomic E-state index is 0.0733. The fourth-order valence-electron chi connectivity index (χ4n) is 4.14. The Labute approximate surface area is 231 Å². The molecule has 0 spiro atoms. The lowest BCUT2D eigenvalue weighted by atomic mass is 10.2. The Morgan fingerprint density at radius 1 is 0.825 bits per heavy atom. The molecule has 1 heterocycles. The molecule has 40 heavy (non-hydrogen) atoms. The average Bonchev–Trinajstić information content (AvgIpc) is 2.94. The van der Waals surface area contributed by atoms with Crippen LogP contribution in [0, 0.1) is 5.82 Å². The number of nitrogens with one attached hydrogen (secondary N) is 2. The third kappa shape index (κ3) is 6.08. The van der Waals surface area contributed by atoms with Crippen molar-refractivity contribution in [1.82, 2.24) is 0 Å². The van der Waals surface area contributed by atoms with Crippen molar-refractivity contribution in [2.45, 2.75) is 16.8 Å². The van der Waals surface area contributed by atoms with Gasteiger partial charge in [0.1, 0.15) is 11.6 Å². The van der Waals surface area contributed by atoms with Crippen molar-refractivity contribution in [3.05, 3.63) is 115 Å². The molecule has 0 aliphatic carbocycles. The fraction of sp³-hybridized carbons (Fsp3) is 0.107. The number of amides is 1. The standard InChI is InChI=1S/C28H24FN3O6S2/c29-21-10-12-23(13-11-21)31-40(36,37)24-16-14-22(15-17-24)30-28(33)27-18-32(25-8-4-5-9-26(25)38-27)39(34,35)19-20-6-2-1-3-7-20/h1-17,27,31H,18-19H2,(H,30,33)/t27-/m0/s1. The topological polar surface area (TPSA) is 122 Å². The SMILES string of the molecule is O=C(Nc1ccc(S(=O)(=O)Nc2ccc(F)cc2)cc1)[C@@H]1CN(S(=O)(=O)Cc2ccccc2)c2ccccc2O1. The number of nitrogens with zero attached hydrogens (tertiary/aromatic N) is 1. The molecular formula is C28H24FN3O6S2. The first-order valence-corrected chi connectivity index (χ1v) is 15.2. The van der Waals surface area contributed by atoms with Gasteiger partial charge in [0, 0.05) is 11.4 Å². The Bertz CT molecular complexity index is 1730. The van der Waals surface area contributed by atoms with Crippen molar-refractivity contribution in [3.8, 4) is 5.75 Å². The van der Waals surface area contributed by atoms with E-state index in [9.17, 15) is 26.0 Å². The minimum Gasteiger partial charge on any atom is -0.476 e. The zero-order chi connectivity index (χ0) is 28.3. The van der Waals surface area contributed by atoms with Crippen molar-refractivity contribution >= 4 is 43.0 Å². The number of halogens is 1. The predicted molar refractivity (Wildman–Crippen MR) is 150 cm³/mol. The van der Waals surface area contributed by atoms with E-state index in [-0.39, 0.29) is 34.3 Å². The molecule has 0 radical (unpaired) electrons. The van der Waals surface area contributed by atoms with Crippen LogP contribution in [0.2, 0.25) is 0 Å². The van der Waals surface area contributed by atoms with Crippen molar-refractivity contribution in [2.24, 2.45) is 0 Å².